The number of hydrogen-bond acceptors (Lipinski definition) is 10. The Kier molecular flexibility index (Phi) is 7.86. The van der Waals surface area contributed by atoms with Gasteiger partial charge in [0.2, 0.25) is 5.75 Å². The number of nitrogens with zero attached hydrogens (tertiary/aromatic N) is 1. The zero-order chi connectivity index (χ0) is 28.5. The summed E-state index contributed by atoms with van der Waals surface area (Å²) in [5.74, 6) is 1.69. The first kappa shape index (κ1) is 28.3. The van der Waals surface area contributed by atoms with Crippen LogP contribution in [-0.4, -0.2) is 59.8 Å². The summed E-state index contributed by atoms with van der Waals surface area (Å²) in [5, 5.41) is 4.14. The van der Waals surface area contributed by atoms with Crippen molar-refractivity contribution in [3.05, 3.63) is 40.4 Å². The van der Waals surface area contributed by atoms with Gasteiger partial charge < -0.3 is 33.3 Å². The highest BCUT2D eigenvalue weighted by atomic mass is 16.7. The molecule has 0 amide bonds. The van der Waals surface area contributed by atoms with Gasteiger partial charge in [-0.1, -0.05) is 19.0 Å². The van der Waals surface area contributed by atoms with Crippen LogP contribution in [-0.2, 0) is 40.5 Å². The predicted octanol–water partition coefficient (Wildman–Crippen LogP) is 4.24. The number of esters is 1. The molecule has 10 nitrogen and oxygen atoms in total. The van der Waals surface area contributed by atoms with Gasteiger partial charge in [0.05, 0.1) is 60.4 Å². The molecule has 10 heteroatoms. The number of carbonyl (C=O) groups is 2. The fourth-order valence-electron chi connectivity index (χ4n) is 6.65. The molecule has 0 heterocycles. The van der Waals surface area contributed by atoms with Crippen molar-refractivity contribution in [2.24, 2.45) is 16.5 Å². The fraction of sp³-hybridized carbons (Fsp3) is 0.552. The minimum absolute atomic E-state index is 0.0875. The van der Waals surface area contributed by atoms with Gasteiger partial charge in [0, 0.05) is 5.56 Å². The van der Waals surface area contributed by atoms with Crippen molar-refractivity contribution in [3.63, 3.8) is 0 Å². The predicted molar refractivity (Wildman–Crippen MR) is 142 cm³/mol. The van der Waals surface area contributed by atoms with Crippen LogP contribution in [0.15, 0.2) is 34.4 Å². The van der Waals surface area contributed by atoms with E-state index in [-0.39, 0.29) is 30.8 Å². The third-order valence-electron chi connectivity index (χ3n) is 8.38. The lowest BCUT2D eigenvalue weighted by atomic mass is 9.60. The first-order valence-corrected chi connectivity index (χ1v) is 13.0. The number of allylic oxidation sites excluding steroid dienone is 2. The molecule has 1 aromatic carbocycles. The summed E-state index contributed by atoms with van der Waals surface area (Å²) < 4.78 is 34.3. The lowest BCUT2D eigenvalue weighted by Gasteiger charge is -2.44. The molecule has 39 heavy (non-hydrogen) atoms. The monoisotopic (exact) mass is 543 g/mol. The number of rotatable bonds is 10. The Balaban J connectivity index is 1.87. The molecular formula is C29H37NO9. The molecule has 3 aliphatic carbocycles. The van der Waals surface area contributed by atoms with Gasteiger partial charge in [0.25, 0.3) is 0 Å². The summed E-state index contributed by atoms with van der Waals surface area (Å²) in [7, 11) is 7.93. The van der Waals surface area contributed by atoms with Crippen molar-refractivity contribution < 1.29 is 42.8 Å². The van der Waals surface area contributed by atoms with Crippen LogP contribution in [0.5, 0.6) is 17.2 Å². The number of fused-ring (bicyclic) bond motifs is 1. The van der Waals surface area contributed by atoms with Crippen LogP contribution < -0.4 is 14.2 Å². The van der Waals surface area contributed by atoms with Crippen molar-refractivity contribution in [3.8, 4) is 17.2 Å². The highest BCUT2D eigenvalue weighted by molar-refractivity contribution is 6.10. The third kappa shape index (κ3) is 4.11. The highest BCUT2D eigenvalue weighted by Crippen LogP contribution is 2.73. The first-order chi connectivity index (χ1) is 18.7. The number of hydrogen-bond donors (Lipinski definition) is 0. The molecule has 1 saturated carbocycles. The van der Waals surface area contributed by atoms with Gasteiger partial charge in [-0.25, -0.2) is 4.79 Å². The normalized spacial score (nSPS) is 25.8. The molecule has 0 aromatic heterocycles. The molecule has 0 bridgehead atoms. The molecule has 3 atom stereocenters. The van der Waals surface area contributed by atoms with E-state index in [4.69, 9.17) is 33.3 Å². The van der Waals surface area contributed by atoms with Gasteiger partial charge in [-0.15, -0.1) is 0 Å². The molecule has 1 unspecified atom stereocenters. The molecule has 4 rings (SSSR count). The van der Waals surface area contributed by atoms with Gasteiger partial charge in [0.15, 0.2) is 23.0 Å². The van der Waals surface area contributed by atoms with Crippen molar-refractivity contribution >= 4 is 17.7 Å². The summed E-state index contributed by atoms with van der Waals surface area (Å²) in [4.78, 5) is 29.2. The summed E-state index contributed by atoms with van der Waals surface area (Å²) in [6.45, 7) is 6.43. The van der Waals surface area contributed by atoms with Crippen LogP contribution in [0.1, 0.15) is 51.2 Å². The number of ether oxygens (including phenoxy) is 6. The van der Waals surface area contributed by atoms with Crippen molar-refractivity contribution in [2.45, 2.75) is 51.9 Å². The second-order valence-electron chi connectivity index (χ2n) is 10.1. The van der Waals surface area contributed by atoms with Crippen LogP contribution in [0.3, 0.4) is 0 Å². The molecule has 0 radical (unpaired) electrons. The fourth-order valence-corrected chi connectivity index (χ4v) is 6.65. The molecular weight excluding hydrogens is 506 g/mol. The minimum atomic E-state index is -0.736. The minimum Gasteiger partial charge on any atom is -0.496 e. The SMILES string of the molecule is CCOC(=O)CCC(=O)O/N=C1\C=C2C[C@H](C)[C@@]3(C)Cc4cc(OC)c(OC)c(OC)c4C23C(OC)=C1OC. The Morgan fingerprint density at radius 3 is 2.26 bits per heavy atom. The van der Waals surface area contributed by atoms with Crippen LogP contribution in [0.4, 0.5) is 0 Å². The molecule has 0 N–H and O–H groups in total. The first-order valence-electron chi connectivity index (χ1n) is 13.0. The largest absolute Gasteiger partial charge is 0.496 e. The maximum Gasteiger partial charge on any atom is 0.335 e. The van der Waals surface area contributed by atoms with Gasteiger partial charge in [-0.2, -0.15) is 0 Å². The highest BCUT2D eigenvalue weighted by Gasteiger charge is 2.69. The Bertz CT molecular complexity index is 1260. The van der Waals surface area contributed by atoms with E-state index in [2.05, 4.69) is 19.0 Å². The summed E-state index contributed by atoms with van der Waals surface area (Å²) >= 11 is 0. The van der Waals surface area contributed by atoms with Crippen LogP contribution in [0, 0.1) is 11.3 Å². The molecule has 3 aliphatic rings. The molecule has 1 spiro atoms. The van der Waals surface area contributed by atoms with E-state index in [1.165, 1.54) is 7.11 Å². The molecule has 1 fully saturated rings. The smallest absolute Gasteiger partial charge is 0.335 e. The zero-order valence-electron chi connectivity index (χ0n) is 23.9. The van der Waals surface area contributed by atoms with Gasteiger partial charge in [0.1, 0.15) is 5.71 Å². The standard InChI is InChI=1S/C29H37NO9/c1-9-38-21(31)10-11-22(32)39-30-19-14-18-12-16(2)28(3)15-17-13-20(33-4)25(35-6)26(36-7)23(17)29(18,28)27(37-8)24(19)34-5/h13-14,16H,9-12,15H2,1-8H3/b30-19+/t16-,28+,29?/m0/s1. The Morgan fingerprint density at radius 2 is 1.67 bits per heavy atom. The molecule has 0 aliphatic heterocycles. The molecule has 0 saturated heterocycles. The lowest BCUT2D eigenvalue weighted by molar-refractivity contribution is -0.150. The van der Waals surface area contributed by atoms with Crippen LogP contribution >= 0.6 is 0 Å². The average molecular weight is 544 g/mol. The second-order valence-corrected chi connectivity index (χ2v) is 10.1. The van der Waals surface area contributed by atoms with E-state index in [1.54, 1.807) is 35.4 Å². The maximum absolute atomic E-state index is 12.3. The maximum atomic E-state index is 12.3. The number of carbonyl (C=O) groups excluding carboxylic acids is 2. The second kappa shape index (κ2) is 10.8. The van der Waals surface area contributed by atoms with E-state index in [9.17, 15) is 9.59 Å². The third-order valence-corrected chi connectivity index (χ3v) is 8.38. The summed E-state index contributed by atoms with van der Waals surface area (Å²) in [6, 6.07) is 2.01. The Morgan fingerprint density at radius 1 is 0.974 bits per heavy atom. The average Bonchev–Trinajstić information content (AvgIpc) is 3.31. The summed E-state index contributed by atoms with van der Waals surface area (Å²) in [5.41, 5.74) is 2.34. The summed E-state index contributed by atoms with van der Waals surface area (Å²) in [6.07, 6.45) is 3.17. The zero-order valence-corrected chi connectivity index (χ0v) is 23.9. The Hall–Kier alpha value is -3.69. The van der Waals surface area contributed by atoms with E-state index in [0.717, 1.165) is 29.5 Å². The quantitative estimate of drug-likeness (QED) is 0.243. The van der Waals surface area contributed by atoms with Crippen LogP contribution in [0.25, 0.3) is 0 Å². The van der Waals surface area contributed by atoms with E-state index in [0.29, 0.717) is 34.5 Å². The Labute approximate surface area is 228 Å². The lowest BCUT2D eigenvalue weighted by Crippen LogP contribution is -2.45. The van der Waals surface area contributed by atoms with Crippen molar-refractivity contribution in [1.29, 1.82) is 0 Å². The number of methoxy groups -OCH3 is 5. The van der Waals surface area contributed by atoms with E-state index < -0.39 is 17.4 Å². The van der Waals surface area contributed by atoms with E-state index in [1.807, 2.05) is 12.1 Å². The van der Waals surface area contributed by atoms with Crippen molar-refractivity contribution in [2.75, 3.05) is 42.2 Å². The topological polar surface area (TPSA) is 111 Å². The van der Waals surface area contributed by atoms with Gasteiger partial charge >= 0.3 is 11.9 Å². The number of oxime groups is 1. The van der Waals surface area contributed by atoms with E-state index >= 15 is 0 Å². The van der Waals surface area contributed by atoms with Gasteiger partial charge in [-0.05, 0) is 54.4 Å². The van der Waals surface area contributed by atoms with Gasteiger partial charge in [-0.3, -0.25) is 4.79 Å². The molecule has 1 aromatic rings. The van der Waals surface area contributed by atoms with Crippen molar-refractivity contribution in [1.82, 2.24) is 0 Å². The molecule has 212 valence electrons. The number of benzene rings is 1. The van der Waals surface area contributed by atoms with Crippen LogP contribution in [0.2, 0.25) is 0 Å².